The van der Waals surface area contributed by atoms with Crippen LogP contribution in [0.1, 0.15) is 19.6 Å². The first-order valence-electron chi connectivity index (χ1n) is 5.73. The molecule has 1 fully saturated rings. The third-order valence-corrected chi connectivity index (χ3v) is 3.41. The lowest BCUT2D eigenvalue weighted by atomic mass is 10.4. The van der Waals surface area contributed by atoms with E-state index in [4.69, 9.17) is 4.42 Å². The first-order chi connectivity index (χ1) is 8.63. The third-order valence-electron chi connectivity index (χ3n) is 2.60. The van der Waals surface area contributed by atoms with Gasteiger partial charge >= 0.3 is 0 Å². The van der Waals surface area contributed by atoms with Crippen LogP contribution in [0.4, 0.5) is 10.7 Å². The summed E-state index contributed by atoms with van der Waals surface area (Å²) in [5.41, 5.74) is 0. The summed E-state index contributed by atoms with van der Waals surface area (Å²) in [4.78, 5) is 24.8. The number of nitrogens with zero attached hydrogens (tertiary/aromatic N) is 1. The molecule has 1 aromatic rings. The molecule has 1 N–H and O–H groups in total. The van der Waals surface area contributed by atoms with Crippen molar-refractivity contribution >= 4 is 34.9 Å². The van der Waals surface area contributed by atoms with E-state index in [0.29, 0.717) is 10.7 Å². The maximum Gasteiger partial charge on any atom is 0.290 e. The molecule has 0 atom stereocenters. The highest BCUT2D eigenvalue weighted by molar-refractivity contribution is 8.18. The molecule has 0 unspecified atom stereocenters. The Kier molecular flexibility index (Phi) is 3.76. The number of hydrogen-bond donors (Lipinski definition) is 1. The van der Waals surface area contributed by atoms with Gasteiger partial charge in [-0.05, 0) is 31.7 Å². The van der Waals surface area contributed by atoms with Crippen molar-refractivity contribution < 1.29 is 14.0 Å². The Balaban J connectivity index is 2.18. The van der Waals surface area contributed by atoms with E-state index in [9.17, 15) is 9.59 Å². The summed E-state index contributed by atoms with van der Waals surface area (Å²) >= 11 is 0.886. The van der Waals surface area contributed by atoms with Crippen LogP contribution in [-0.4, -0.2) is 24.2 Å². The van der Waals surface area contributed by atoms with E-state index in [1.807, 2.05) is 19.9 Å². The van der Waals surface area contributed by atoms with Crippen LogP contribution in [0.5, 0.6) is 0 Å². The molecule has 6 heteroatoms. The molecule has 0 bridgehead atoms. The van der Waals surface area contributed by atoms with E-state index in [0.717, 1.165) is 30.7 Å². The Morgan fingerprint density at radius 2 is 2.06 bits per heavy atom. The van der Waals surface area contributed by atoms with Crippen molar-refractivity contribution in [1.29, 1.82) is 0 Å². The number of thioether (sulfide) groups is 1. The van der Waals surface area contributed by atoms with Gasteiger partial charge in [-0.1, -0.05) is 0 Å². The van der Waals surface area contributed by atoms with Crippen LogP contribution < -0.4 is 10.2 Å². The van der Waals surface area contributed by atoms with Crippen LogP contribution in [-0.2, 0) is 4.79 Å². The maximum absolute atomic E-state index is 11.4. The lowest BCUT2D eigenvalue weighted by molar-refractivity contribution is -0.115. The van der Waals surface area contributed by atoms with E-state index >= 15 is 0 Å². The molecule has 1 aliphatic heterocycles. The molecular weight excluding hydrogens is 252 g/mol. The van der Waals surface area contributed by atoms with Crippen molar-refractivity contribution in [2.75, 3.05) is 18.0 Å². The summed E-state index contributed by atoms with van der Waals surface area (Å²) in [6.45, 7) is 5.80. The molecule has 18 heavy (non-hydrogen) atoms. The van der Waals surface area contributed by atoms with Gasteiger partial charge in [0.15, 0.2) is 5.88 Å². The highest BCUT2D eigenvalue weighted by atomic mass is 32.2. The van der Waals surface area contributed by atoms with Gasteiger partial charge in [0.05, 0.1) is 4.91 Å². The molecule has 2 heterocycles. The summed E-state index contributed by atoms with van der Waals surface area (Å²) < 4.78 is 5.62. The number of nitrogens with one attached hydrogen (secondary N) is 1. The van der Waals surface area contributed by atoms with Crippen LogP contribution in [0.15, 0.2) is 21.5 Å². The number of hydrogen-bond acceptors (Lipinski definition) is 5. The molecule has 2 amide bonds. The smallest absolute Gasteiger partial charge is 0.290 e. The van der Waals surface area contributed by atoms with Gasteiger partial charge in [-0.15, -0.1) is 0 Å². The van der Waals surface area contributed by atoms with Gasteiger partial charge in [-0.2, -0.15) is 0 Å². The zero-order valence-electron chi connectivity index (χ0n) is 10.2. The average Bonchev–Trinajstić information content (AvgIpc) is 2.89. The molecule has 2 rings (SSSR count). The van der Waals surface area contributed by atoms with Crippen LogP contribution in [0, 0.1) is 0 Å². The van der Waals surface area contributed by atoms with Crippen molar-refractivity contribution in [1.82, 2.24) is 5.32 Å². The minimum Gasteiger partial charge on any atom is -0.441 e. The van der Waals surface area contributed by atoms with Gasteiger partial charge in [-0.25, -0.2) is 0 Å². The summed E-state index contributed by atoms with van der Waals surface area (Å²) in [7, 11) is 0. The van der Waals surface area contributed by atoms with E-state index in [1.54, 1.807) is 12.1 Å². The van der Waals surface area contributed by atoms with Gasteiger partial charge in [0, 0.05) is 25.2 Å². The number of carbonyl (C=O) groups is 2. The van der Waals surface area contributed by atoms with Crippen molar-refractivity contribution in [2.45, 2.75) is 13.8 Å². The minimum atomic E-state index is -0.370. The molecule has 96 valence electrons. The monoisotopic (exact) mass is 266 g/mol. The first-order valence-corrected chi connectivity index (χ1v) is 6.55. The van der Waals surface area contributed by atoms with E-state index in [2.05, 4.69) is 10.2 Å². The number of furan rings is 1. The zero-order valence-corrected chi connectivity index (χ0v) is 11.0. The second-order valence-electron chi connectivity index (χ2n) is 3.70. The molecular formula is C12H14N2O3S. The van der Waals surface area contributed by atoms with Gasteiger partial charge in [0.2, 0.25) is 0 Å². The van der Waals surface area contributed by atoms with Crippen molar-refractivity contribution in [2.24, 2.45) is 0 Å². The molecule has 1 aliphatic rings. The van der Waals surface area contributed by atoms with Gasteiger partial charge in [-0.3, -0.25) is 14.9 Å². The quantitative estimate of drug-likeness (QED) is 0.848. The molecule has 0 aromatic carbocycles. The molecule has 0 radical (unpaired) electrons. The average molecular weight is 266 g/mol. The number of anilines is 1. The molecule has 1 saturated heterocycles. The van der Waals surface area contributed by atoms with Crippen molar-refractivity contribution in [3.05, 3.63) is 22.8 Å². The number of imide groups is 1. The fourth-order valence-corrected chi connectivity index (χ4v) is 2.34. The Bertz CT molecular complexity index is 503. The fourth-order valence-electron chi connectivity index (χ4n) is 1.68. The largest absolute Gasteiger partial charge is 0.441 e. The lowest BCUT2D eigenvalue weighted by Gasteiger charge is -2.16. The number of carbonyl (C=O) groups excluding carboxylic acids is 2. The normalized spacial score (nSPS) is 17.3. The van der Waals surface area contributed by atoms with Crippen LogP contribution in [0.2, 0.25) is 0 Å². The zero-order chi connectivity index (χ0) is 13.1. The Morgan fingerprint density at radius 3 is 2.61 bits per heavy atom. The van der Waals surface area contributed by atoms with Gasteiger partial charge in [0.25, 0.3) is 11.1 Å². The summed E-state index contributed by atoms with van der Waals surface area (Å²) in [6, 6.07) is 3.65. The summed E-state index contributed by atoms with van der Waals surface area (Å²) in [6.07, 6.45) is 1.58. The number of amides is 2. The van der Waals surface area contributed by atoms with Gasteiger partial charge < -0.3 is 9.32 Å². The van der Waals surface area contributed by atoms with Crippen molar-refractivity contribution in [3.63, 3.8) is 0 Å². The lowest BCUT2D eigenvalue weighted by Crippen LogP contribution is -2.20. The third kappa shape index (κ3) is 2.59. The predicted molar refractivity (Wildman–Crippen MR) is 71.4 cm³/mol. The SMILES string of the molecule is CCN(CC)c1ccc(/C=C2\SC(=O)NC2=O)o1. The Labute approximate surface area is 109 Å². The summed E-state index contributed by atoms with van der Waals surface area (Å²) in [5, 5.41) is 1.86. The van der Waals surface area contributed by atoms with Crippen LogP contribution in [0.3, 0.4) is 0 Å². The predicted octanol–water partition coefficient (Wildman–Crippen LogP) is 2.45. The summed E-state index contributed by atoms with van der Waals surface area (Å²) in [5.74, 6) is 0.969. The molecule has 5 nitrogen and oxygen atoms in total. The molecule has 0 aliphatic carbocycles. The first kappa shape index (κ1) is 12.8. The number of rotatable bonds is 4. The molecule has 1 aromatic heterocycles. The highest BCUT2D eigenvalue weighted by Gasteiger charge is 2.25. The topological polar surface area (TPSA) is 62.6 Å². The van der Waals surface area contributed by atoms with E-state index < -0.39 is 0 Å². The molecule has 0 spiro atoms. The highest BCUT2D eigenvalue weighted by Crippen LogP contribution is 2.27. The van der Waals surface area contributed by atoms with Gasteiger partial charge in [0.1, 0.15) is 5.76 Å². The van der Waals surface area contributed by atoms with Crippen molar-refractivity contribution in [3.8, 4) is 0 Å². The van der Waals surface area contributed by atoms with Crippen LogP contribution in [0.25, 0.3) is 6.08 Å². The minimum absolute atomic E-state index is 0.346. The standard InChI is InChI=1S/C12H14N2O3S/c1-3-14(4-2)10-6-5-8(17-10)7-9-11(15)13-12(16)18-9/h5-7H,3-4H2,1-2H3,(H,13,15,16)/b9-7-. The van der Waals surface area contributed by atoms with Crippen LogP contribution >= 0.6 is 11.8 Å². The van der Waals surface area contributed by atoms with E-state index in [-0.39, 0.29) is 11.1 Å². The second kappa shape index (κ2) is 5.30. The Morgan fingerprint density at radius 1 is 1.33 bits per heavy atom. The van der Waals surface area contributed by atoms with E-state index in [1.165, 1.54) is 0 Å². The molecule has 0 saturated carbocycles. The Hall–Kier alpha value is -1.69. The second-order valence-corrected chi connectivity index (χ2v) is 4.72. The fraction of sp³-hybridized carbons (Fsp3) is 0.333. The maximum atomic E-state index is 11.4.